The number of hydrogen-bond donors (Lipinski definition) is 1. The average Bonchev–Trinajstić information content (AvgIpc) is 2.60. The highest BCUT2D eigenvalue weighted by atomic mass is 16.5. The molecule has 7 heteroatoms. The van der Waals surface area contributed by atoms with Crippen LogP contribution >= 0.6 is 0 Å². The van der Waals surface area contributed by atoms with Crippen molar-refractivity contribution in [3.63, 3.8) is 0 Å². The van der Waals surface area contributed by atoms with Gasteiger partial charge in [0.15, 0.2) is 5.43 Å². The minimum Gasteiger partial charge on any atom is -0.495 e. The highest BCUT2D eigenvalue weighted by molar-refractivity contribution is 5.93. The van der Waals surface area contributed by atoms with E-state index in [1.54, 1.807) is 13.3 Å². The van der Waals surface area contributed by atoms with Crippen LogP contribution in [0.25, 0.3) is 10.9 Å². The Morgan fingerprint density at radius 3 is 2.64 bits per heavy atom. The fraction of sp³-hybridized carbons (Fsp3) is 0.444. The van der Waals surface area contributed by atoms with E-state index in [9.17, 15) is 9.59 Å². The molecule has 2 heterocycles. The molecule has 1 N–H and O–H groups in total. The van der Waals surface area contributed by atoms with Gasteiger partial charge < -0.3 is 23.9 Å². The van der Waals surface area contributed by atoms with Crippen molar-refractivity contribution in [2.24, 2.45) is 0 Å². The molecule has 0 spiro atoms. The number of aromatic amines is 1. The fourth-order valence-electron chi connectivity index (χ4n) is 3.52. The molecule has 1 aromatic carbocycles. The molecule has 25 heavy (non-hydrogen) atoms. The predicted octanol–water partition coefficient (Wildman–Crippen LogP) is 2.11. The Labute approximate surface area is 144 Å². The fourth-order valence-corrected chi connectivity index (χ4v) is 3.52. The summed E-state index contributed by atoms with van der Waals surface area (Å²) in [5.41, 5.74) is 2.08. The van der Waals surface area contributed by atoms with Crippen LogP contribution in [-0.2, 0) is 20.7 Å². The largest absolute Gasteiger partial charge is 0.495 e. The lowest BCUT2D eigenvalue weighted by Gasteiger charge is -2.32. The number of ether oxygens (including phenoxy) is 4. The van der Waals surface area contributed by atoms with E-state index in [1.165, 1.54) is 20.3 Å². The SMILES string of the molecule is COC(=O)C[C@H]1Cc2c(c(OC)c3c(=O)cc[nH]c3c2OC)[C@@H](C)O1. The first kappa shape index (κ1) is 17.3. The quantitative estimate of drug-likeness (QED) is 0.853. The maximum atomic E-state index is 12.4. The van der Waals surface area contributed by atoms with Crippen LogP contribution in [0.15, 0.2) is 17.1 Å². The highest BCUT2D eigenvalue weighted by Gasteiger charge is 2.34. The number of fused-ring (bicyclic) bond motifs is 2. The molecule has 0 saturated heterocycles. The minimum atomic E-state index is -0.355. The van der Waals surface area contributed by atoms with Crippen molar-refractivity contribution >= 4 is 16.9 Å². The summed E-state index contributed by atoms with van der Waals surface area (Å²) >= 11 is 0. The van der Waals surface area contributed by atoms with Crippen LogP contribution in [-0.4, -0.2) is 38.4 Å². The molecule has 2 atom stereocenters. The summed E-state index contributed by atoms with van der Waals surface area (Å²) in [7, 11) is 4.44. The molecule has 0 unspecified atom stereocenters. The molecular formula is C18H21NO6. The lowest BCUT2D eigenvalue weighted by atomic mass is 9.89. The van der Waals surface area contributed by atoms with Gasteiger partial charge in [-0.1, -0.05) is 0 Å². The van der Waals surface area contributed by atoms with Crippen molar-refractivity contribution in [1.82, 2.24) is 4.98 Å². The molecular weight excluding hydrogens is 326 g/mol. The van der Waals surface area contributed by atoms with Gasteiger partial charge in [-0.2, -0.15) is 0 Å². The van der Waals surface area contributed by atoms with E-state index in [-0.39, 0.29) is 30.0 Å². The third-order valence-corrected chi connectivity index (χ3v) is 4.52. The maximum Gasteiger partial charge on any atom is 0.308 e. The number of rotatable bonds is 4. The molecule has 0 aliphatic carbocycles. The van der Waals surface area contributed by atoms with Crippen LogP contribution < -0.4 is 14.9 Å². The second-order valence-electron chi connectivity index (χ2n) is 5.94. The molecule has 0 bridgehead atoms. The molecule has 2 aromatic rings. The van der Waals surface area contributed by atoms with E-state index in [0.717, 1.165) is 11.1 Å². The number of benzene rings is 1. The van der Waals surface area contributed by atoms with Crippen LogP contribution in [0.5, 0.6) is 11.5 Å². The summed E-state index contributed by atoms with van der Waals surface area (Å²) in [6.07, 6.45) is 1.50. The molecule has 0 amide bonds. The lowest BCUT2D eigenvalue weighted by molar-refractivity contribution is -0.145. The van der Waals surface area contributed by atoms with Gasteiger partial charge in [0.1, 0.15) is 11.5 Å². The zero-order valence-electron chi connectivity index (χ0n) is 14.7. The van der Waals surface area contributed by atoms with Crippen molar-refractivity contribution in [1.29, 1.82) is 0 Å². The Bertz CT molecular complexity index is 872. The van der Waals surface area contributed by atoms with E-state index in [1.807, 2.05) is 6.92 Å². The molecule has 134 valence electrons. The van der Waals surface area contributed by atoms with Crippen LogP contribution in [0.2, 0.25) is 0 Å². The topological polar surface area (TPSA) is 86.9 Å². The molecule has 7 nitrogen and oxygen atoms in total. The zero-order chi connectivity index (χ0) is 18.1. The highest BCUT2D eigenvalue weighted by Crippen LogP contribution is 2.46. The number of aromatic nitrogens is 1. The molecule has 1 aliphatic heterocycles. The number of carbonyl (C=O) groups is 1. The van der Waals surface area contributed by atoms with Crippen LogP contribution in [0.3, 0.4) is 0 Å². The maximum absolute atomic E-state index is 12.4. The second kappa shape index (κ2) is 6.76. The number of hydrogen-bond acceptors (Lipinski definition) is 6. The van der Waals surface area contributed by atoms with Crippen molar-refractivity contribution in [2.75, 3.05) is 21.3 Å². The van der Waals surface area contributed by atoms with E-state index in [2.05, 4.69) is 4.98 Å². The van der Waals surface area contributed by atoms with Crippen molar-refractivity contribution in [3.05, 3.63) is 33.6 Å². The predicted molar refractivity (Wildman–Crippen MR) is 91.3 cm³/mol. The van der Waals surface area contributed by atoms with Gasteiger partial charge in [-0.3, -0.25) is 9.59 Å². The smallest absolute Gasteiger partial charge is 0.308 e. The summed E-state index contributed by atoms with van der Waals surface area (Å²) in [6, 6.07) is 1.45. The van der Waals surface area contributed by atoms with Gasteiger partial charge in [-0.25, -0.2) is 0 Å². The van der Waals surface area contributed by atoms with E-state index in [0.29, 0.717) is 28.8 Å². The molecule has 0 fully saturated rings. The molecule has 3 rings (SSSR count). The van der Waals surface area contributed by atoms with Crippen LogP contribution in [0, 0.1) is 0 Å². The summed E-state index contributed by atoms with van der Waals surface area (Å²) < 4.78 is 21.9. The van der Waals surface area contributed by atoms with Crippen molar-refractivity contribution < 1.29 is 23.7 Å². The average molecular weight is 347 g/mol. The van der Waals surface area contributed by atoms with Gasteiger partial charge in [-0.15, -0.1) is 0 Å². The summed E-state index contributed by atoms with van der Waals surface area (Å²) in [5, 5.41) is 0.433. The Kier molecular flexibility index (Phi) is 4.67. The number of pyridine rings is 1. The molecule has 0 radical (unpaired) electrons. The van der Waals surface area contributed by atoms with Gasteiger partial charge in [0, 0.05) is 29.8 Å². The van der Waals surface area contributed by atoms with E-state index >= 15 is 0 Å². The number of esters is 1. The second-order valence-corrected chi connectivity index (χ2v) is 5.94. The number of nitrogens with one attached hydrogen (secondary N) is 1. The molecule has 0 saturated carbocycles. The first-order chi connectivity index (χ1) is 12.0. The van der Waals surface area contributed by atoms with Gasteiger partial charge in [0.25, 0.3) is 0 Å². The Hall–Kier alpha value is -2.54. The zero-order valence-corrected chi connectivity index (χ0v) is 14.7. The number of H-pyrrole nitrogens is 1. The summed E-state index contributed by atoms with van der Waals surface area (Å²) in [4.78, 5) is 27.1. The number of methoxy groups -OCH3 is 3. The van der Waals surface area contributed by atoms with E-state index in [4.69, 9.17) is 18.9 Å². The van der Waals surface area contributed by atoms with Crippen LogP contribution in [0.1, 0.15) is 30.6 Å². The monoisotopic (exact) mass is 347 g/mol. The van der Waals surface area contributed by atoms with Crippen molar-refractivity contribution in [3.8, 4) is 11.5 Å². The minimum absolute atomic E-state index is 0.148. The first-order valence-corrected chi connectivity index (χ1v) is 8.02. The Balaban J connectivity index is 2.25. The normalized spacial score (nSPS) is 19.4. The number of carbonyl (C=O) groups excluding carboxylic acids is 1. The lowest BCUT2D eigenvalue weighted by Crippen LogP contribution is -2.29. The van der Waals surface area contributed by atoms with Gasteiger partial charge in [0.05, 0.1) is 50.9 Å². The van der Waals surface area contributed by atoms with Gasteiger partial charge in [-0.05, 0) is 6.92 Å². The molecule has 1 aromatic heterocycles. The molecule has 1 aliphatic rings. The van der Waals surface area contributed by atoms with Gasteiger partial charge >= 0.3 is 5.97 Å². The van der Waals surface area contributed by atoms with Crippen molar-refractivity contribution in [2.45, 2.75) is 32.0 Å². The summed E-state index contributed by atoms with van der Waals surface area (Å²) in [6.45, 7) is 1.87. The first-order valence-electron chi connectivity index (χ1n) is 8.02. The van der Waals surface area contributed by atoms with E-state index < -0.39 is 0 Å². The standard InChI is InChI=1S/C18H21NO6/c1-9-14-11(7-10(25-9)8-13(21)22-2)17(23-3)16-15(18(14)24-4)12(20)5-6-19-16/h5-6,9-10H,7-8H2,1-4H3,(H,19,20)/t9-,10-/m1/s1. The Morgan fingerprint density at radius 2 is 2.00 bits per heavy atom. The van der Waals surface area contributed by atoms with Crippen LogP contribution in [0.4, 0.5) is 0 Å². The Morgan fingerprint density at radius 1 is 1.28 bits per heavy atom. The third-order valence-electron chi connectivity index (χ3n) is 4.52. The van der Waals surface area contributed by atoms with Gasteiger partial charge in [0.2, 0.25) is 0 Å². The summed E-state index contributed by atoms with van der Waals surface area (Å²) in [5.74, 6) is 0.728. The third kappa shape index (κ3) is 2.84.